The first kappa shape index (κ1) is 13.1. The lowest BCUT2D eigenvalue weighted by Gasteiger charge is -2.34. The molecule has 0 amide bonds. The molecule has 2 unspecified atom stereocenters. The number of rotatable bonds is 2. The quantitative estimate of drug-likeness (QED) is 0.760. The third kappa shape index (κ3) is 3.57. The first-order valence-corrected chi connectivity index (χ1v) is 6.83. The molecule has 0 aromatic carbocycles. The molecule has 1 aromatic heterocycles. The number of hydrogen-bond acceptors (Lipinski definition) is 2. The third-order valence-corrected chi connectivity index (χ3v) is 3.76. The van der Waals surface area contributed by atoms with E-state index in [1.54, 1.807) is 6.07 Å². The van der Waals surface area contributed by atoms with E-state index in [-0.39, 0.29) is 0 Å². The van der Waals surface area contributed by atoms with Crippen LogP contribution in [-0.4, -0.2) is 23.0 Å². The van der Waals surface area contributed by atoms with E-state index in [9.17, 15) is 0 Å². The molecule has 0 aliphatic carbocycles. The van der Waals surface area contributed by atoms with E-state index in [0.29, 0.717) is 10.2 Å². The Hall–Kier alpha value is -0.310. The van der Waals surface area contributed by atoms with Gasteiger partial charge in [0, 0.05) is 19.6 Å². The molecular weight excluding hydrogens is 255 g/mol. The van der Waals surface area contributed by atoms with Gasteiger partial charge in [0.25, 0.3) is 0 Å². The predicted octanol–water partition coefficient (Wildman–Crippen LogP) is 3.87. The van der Waals surface area contributed by atoms with Crippen LogP contribution in [0.15, 0.2) is 12.1 Å². The van der Waals surface area contributed by atoms with Gasteiger partial charge in [0.2, 0.25) is 0 Å². The summed E-state index contributed by atoms with van der Waals surface area (Å²) in [6, 6.07) is 3.55. The molecule has 2 atom stereocenters. The third-order valence-electron chi connectivity index (χ3n) is 3.20. The van der Waals surface area contributed by atoms with E-state index in [0.717, 1.165) is 37.2 Å². The Bertz CT molecular complexity index is 385. The molecule has 1 saturated heterocycles. The molecule has 17 heavy (non-hydrogen) atoms. The fraction of sp³-hybridized carbons (Fsp3) is 0.615. The highest BCUT2D eigenvalue weighted by atomic mass is 35.5. The number of aromatic nitrogens is 1. The van der Waals surface area contributed by atoms with Crippen LogP contribution in [0.5, 0.6) is 0 Å². The summed E-state index contributed by atoms with van der Waals surface area (Å²) in [6.45, 7) is 7.64. The van der Waals surface area contributed by atoms with E-state index in [4.69, 9.17) is 23.2 Å². The lowest BCUT2D eigenvalue weighted by Crippen LogP contribution is -2.38. The molecule has 94 valence electrons. The summed E-state index contributed by atoms with van der Waals surface area (Å²) in [7, 11) is 0. The summed E-state index contributed by atoms with van der Waals surface area (Å²) in [4.78, 5) is 6.73. The highest BCUT2D eigenvalue weighted by molar-refractivity contribution is 6.32. The van der Waals surface area contributed by atoms with Gasteiger partial charge >= 0.3 is 0 Å². The topological polar surface area (TPSA) is 16.1 Å². The summed E-state index contributed by atoms with van der Waals surface area (Å²) in [6.07, 6.45) is 1.31. The van der Waals surface area contributed by atoms with Crippen LogP contribution in [0.3, 0.4) is 0 Å². The Morgan fingerprint density at radius 2 is 1.88 bits per heavy atom. The Kier molecular flexibility index (Phi) is 4.29. The second-order valence-corrected chi connectivity index (χ2v) is 6.00. The maximum atomic E-state index is 6.14. The van der Waals surface area contributed by atoms with Crippen LogP contribution in [0.25, 0.3) is 0 Å². The van der Waals surface area contributed by atoms with Crippen LogP contribution in [-0.2, 0) is 6.54 Å². The van der Waals surface area contributed by atoms with Gasteiger partial charge in [0.1, 0.15) is 5.15 Å². The molecule has 0 N–H and O–H groups in total. The SMILES string of the molecule is CC1CC(C)CN(Cc2nc(Cl)ccc2Cl)C1. The molecule has 2 heterocycles. The van der Waals surface area contributed by atoms with Crippen LogP contribution in [0.1, 0.15) is 26.0 Å². The number of pyridine rings is 1. The zero-order valence-corrected chi connectivity index (χ0v) is 11.8. The molecule has 1 fully saturated rings. The summed E-state index contributed by atoms with van der Waals surface area (Å²) in [5.74, 6) is 1.49. The van der Waals surface area contributed by atoms with Gasteiger partial charge in [-0.25, -0.2) is 4.98 Å². The lowest BCUT2D eigenvalue weighted by atomic mass is 9.92. The minimum Gasteiger partial charge on any atom is -0.297 e. The van der Waals surface area contributed by atoms with Gasteiger partial charge in [-0.2, -0.15) is 0 Å². The standard InChI is InChI=1S/C13H18Cl2N2/c1-9-5-10(2)7-17(6-9)8-12-11(14)3-4-13(15)16-12/h3-4,9-10H,5-8H2,1-2H3. The average Bonchev–Trinajstić information content (AvgIpc) is 2.22. The monoisotopic (exact) mass is 272 g/mol. The van der Waals surface area contributed by atoms with Crippen molar-refractivity contribution in [2.75, 3.05) is 13.1 Å². The molecule has 4 heteroatoms. The minimum absolute atomic E-state index is 0.516. The number of nitrogens with zero attached hydrogens (tertiary/aromatic N) is 2. The zero-order valence-electron chi connectivity index (χ0n) is 10.3. The van der Waals surface area contributed by atoms with Crippen molar-refractivity contribution in [2.24, 2.45) is 11.8 Å². The molecule has 0 saturated carbocycles. The number of piperidine rings is 1. The van der Waals surface area contributed by atoms with Gasteiger partial charge in [-0.15, -0.1) is 0 Å². The summed E-state index contributed by atoms with van der Waals surface area (Å²) >= 11 is 12.0. The van der Waals surface area contributed by atoms with Crippen molar-refractivity contribution in [3.63, 3.8) is 0 Å². The first-order chi connectivity index (χ1) is 8.04. The Morgan fingerprint density at radius 1 is 1.24 bits per heavy atom. The summed E-state index contributed by atoms with van der Waals surface area (Å²) < 4.78 is 0. The fourth-order valence-corrected chi connectivity index (χ4v) is 3.03. The van der Waals surface area contributed by atoms with Gasteiger partial charge < -0.3 is 0 Å². The number of likely N-dealkylation sites (tertiary alicyclic amines) is 1. The van der Waals surface area contributed by atoms with Crippen molar-refractivity contribution >= 4 is 23.2 Å². The largest absolute Gasteiger partial charge is 0.297 e. The molecule has 0 bridgehead atoms. The molecule has 1 aromatic rings. The van der Waals surface area contributed by atoms with Gasteiger partial charge in [-0.3, -0.25) is 4.90 Å². The number of halogens is 2. The van der Waals surface area contributed by atoms with Gasteiger partial charge in [-0.1, -0.05) is 37.0 Å². The predicted molar refractivity (Wildman–Crippen MR) is 72.5 cm³/mol. The second-order valence-electron chi connectivity index (χ2n) is 5.20. The van der Waals surface area contributed by atoms with Crippen molar-refractivity contribution in [1.82, 2.24) is 9.88 Å². The highest BCUT2D eigenvalue weighted by Gasteiger charge is 2.22. The summed E-state index contributed by atoms with van der Waals surface area (Å²) in [5, 5.41) is 1.22. The highest BCUT2D eigenvalue weighted by Crippen LogP contribution is 2.24. The van der Waals surface area contributed by atoms with Crippen molar-refractivity contribution in [3.05, 3.63) is 28.0 Å². The van der Waals surface area contributed by atoms with Crippen molar-refractivity contribution in [1.29, 1.82) is 0 Å². The Balaban J connectivity index is 2.07. The second kappa shape index (κ2) is 5.55. The van der Waals surface area contributed by atoms with Gasteiger partial charge in [-0.05, 0) is 30.4 Å². The molecule has 2 rings (SSSR count). The van der Waals surface area contributed by atoms with Crippen LogP contribution in [0.4, 0.5) is 0 Å². The van der Waals surface area contributed by atoms with E-state index in [2.05, 4.69) is 23.7 Å². The van der Waals surface area contributed by atoms with Gasteiger partial charge in [0.05, 0.1) is 10.7 Å². The zero-order chi connectivity index (χ0) is 12.4. The van der Waals surface area contributed by atoms with Crippen molar-refractivity contribution < 1.29 is 0 Å². The molecular formula is C13H18Cl2N2. The fourth-order valence-electron chi connectivity index (χ4n) is 2.70. The Labute approximate surface area is 113 Å². The molecule has 0 spiro atoms. The minimum atomic E-state index is 0.516. The Morgan fingerprint density at radius 3 is 2.53 bits per heavy atom. The van der Waals surface area contributed by atoms with Crippen LogP contribution in [0.2, 0.25) is 10.2 Å². The van der Waals surface area contributed by atoms with E-state index in [1.165, 1.54) is 6.42 Å². The molecule has 0 radical (unpaired) electrons. The molecule has 1 aliphatic rings. The van der Waals surface area contributed by atoms with Gasteiger partial charge in [0.15, 0.2) is 0 Å². The maximum Gasteiger partial charge on any atom is 0.129 e. The molecule has 1 aliphatic heterocycles. The van der Waals surface area contributed by atoms with E-state index in [1.807, 2.05) is 6.07 Å². The van der Waals surface area contributed by atoms with Crippen LogP contribution in [0, 0.1) is 11.8 Å². The van der Waals surface area contributed by atoms with E-state index < -0.39 is 0 Å². The normalized spacial score (nSPS) is 26.1. The smallest absolute Gasteiger partial charge is 0.129 e. The first-order valence-electron chi connectivity index (χ1n) is 6.08. The number of hydrogen-bond donors (Lipinski definition) is 0. The molecule has 2 nitrogen and oxygen atoms in total. The van der Waals surface area contributed by atoms with Crippen molar-refractivity contribution in [3.8, 4) is 0 Å². The maximum absolute atomic E-state index is 6.14. The summed E-state index contributed by atoms with van der Waals surface area (Å²) in [5.41, 5.74) is 0.889. The van der Waals surface area contributed by atoms with Crippen LogP contribution >= 0.6 is 23.2 Å². The van der Waals surface area contributed by atoms with Crippen LogP contribution < -0.4 is 0 Å². The average molecular weight is 273 g/mol. The lowest BCUT2D eigenvalue weighted by molar-refractivity contribution is 0.133. The van der Waals surface area contributed by atoms with Crippen molar-refractivity contribution in [2.45, 2.75) is 26.8 Å². The van der Waals surface area contributed by atoms with E-state index >= 15 is 0 Å².